The van der Waals surface area contributed by atoms with Crippen molar-refractivity contribution in [2.75, 3.05) is 19.8 Å². The molecule has 0 aliphatic heterocycles. The third kappa shape index (κ3) is 48.3. The van der Waals surface area contributed by atoms with Crippen LogP contribution in [-0.2, 0) is 23.8 Å². The summed E-state index contributed by atoms with van der Waals surface area (Å²) in [7, 11) is 0. The Morgan fingerprint density at radius 1 is 0.383 bits per heavy atom. The van der Waals surface area contributed by atoms with Crippen LogP contribution in [0.3, 0.4) is 0 Å². The predicted molar refractivity (Wildman–Crippen MR) is 261 cm³/mol. The Kier molecular flexibility index (Phi) is 48.9. The van der Waals surface area contributed by atoms with Gasteiger partial charge in [-0.15, -0.1) is 0 Å². The fraction of sp³-hybridized carbons (Fsp3) is 0.782. The van der Waals surface area contributed by atoms with Crippen LogP contribution in [0.5, 0.6) is 0 Å². The highest BCUT2D eigenvalue weighted by Gasteiger charge is 2.17. The van der Waals surface area contributed by atoms with Gasteiger partial charge in [-0.1, -0.05) is 236 Å². The number of rotatable bonds is 47. The molecule has 0 amide bonds. The third-order valence-corrected chi connectivity index (χ3v) is 11.1. The van der Waals surface area contributed by atoms with Crippen molar-refractivity contribution in [1.29, 1.82) is 0 Å². The minimum Gasteiger partial charge on any atom is -0.462 e. The molecule has 1 unspecified atom stereocenters. The molecule has 60 heavy (non-hydrogen) atoms. The lowest BCUT2D eigenvalue weighted by atomic mass is 10.0. The van der Waals surface area contributed by atoms with Crippen LogP contribution in [0, 0.1) is 0 Å². The number of allylic oxidation sites excluding steroid dienone is 10. The number of esters is 2. The van der Waals surface area contributed by atoms with Gasteiger partial charge in [-0.25, -0.2) is 0 Å². The van der Waals surface area contributed by atoms with Gasteiger partial charge in [0.2, 0.25) is 0 Å². The summed E-state index contributed by atoms with van der Waals surface area (Å²) in [5, 5.41) is 0. The SMILES string of the molecule is CC/C=C\C/C=C\C/C=C\C/C=C\C/C=C\CCCCCCOCC(COC(=O)CCCCCCCCCCCCCCCCC)OC(=O)CCCCCCCCCCC. The zero-order valence-electron chi connectivity index (χ0n) is 40.0. The zero-order valence-corrected chi connectivity index (χ0v) is 40.0. The van der Waals surface area contributed by atoms with Crippen LogP contribution in [0.4, 0.5) is 0 Å². The van der Waals surface area contributed by atoms with Gasteiger partial charge in [-0.3, -0.25) is 9.59 Å². The van der Waals surface area contributed by atoms with Gasteiger partial charge < -0.3 is 14.2 Å². The quantitative estimate of drug-likeness (QED) is 0.0347. The largest absolute Gasteiger partial charge is 0.462 e. The van der Waals surface area contributed by atoms with E-state index in [-0.39, 0.29) is 25.2 Å². The number of carbonyl (C=O) groups is 2. The molecular formula is C55H98O5. The normalized spacial score (nSPS) is 12.7. The van der Waals surface area contributed by atoms with Crippen LogP contribution >= 0.6 is 0 Å². The molecule has 0 spiro atoms. The van der Waals surface area contributed by atoms with Gasteiger partial charge in [-0.05, 0) is 64.2 Å². The molecule has 0 aliphatic carbocycles. The van der Waals surface area contributed by atoms with Gasteiger partial charge in [0.05, 0.1) is 6.61 Å². The minimum absolute atomic E-state index is 0.0777. The van der Waals surface area contributed by atoms with Crippen molar-refractivity contribution in [3.63, 3.8) is 0 Å². The van der Waals surface area contributed by atoms with E-state index in [1.807, 2.05) is 0 Å². The number of unbranched alkanes of at least 4 members (excludes halogenated alkanes) is 26. The molecule has 0 saturated carbocycles. The average Bonchev–Trinajstić information content (AvgIpc) is 3.25. The van der Waals surface area contributed by atoms with Crippen molar-refractivity contribution in [3.8, 4) is 0 Å². The lowest BCUT2D eigenvalue weighted by Gasteiger charge is -2.18. The number of ether oxygens (including phenoxy) is 3. The molecule has 0 radical (unpaired) electrons. The van der Waals surface area contributed by atoms with E-state index in [0.717, 1.165) is 77.0 Å². The summed E-state index contributed by atoms with van der Waals surface area (Å²) in [6.07, 6.45) is 63.8. The molecule has 0 heterocycles. The van der Waals surface area contributed by atoms with Gasteiger partial charge in [0, 0.05) is 19.4 Å². The van der Waals surface area contributed by atoms with Crippen molar-refractivity contribution in [2.24, 2.45) is 0 Å². The van der Waals surface area contributed by atoms with Crippen LogP contribution < -0.4 is 0 Å². The fourth-order valence-electron chi connectivity index (χ4n) is 7.24. The summed E-state index contributed by atoms with van der Waals surface area (Å²) in [5.41, 5.74) is 0. The molecule has 0 aliphatic rings. The highest BCUT2D eigenvalue weighted by molar-refractivity contribution is 5.70. The maximum Gasteiger partial charge on any atom is 0.306 e. The Morgan fingerprint density at radius 3 is 1.20 bits per heavy atom. The molecule has 5 nitrogen and oxygen atoms in total. The van der Waals surface area contributed by atoms with Crippen molar-refractivity contribution >= 4 is 11.9 Å². The van der Waals surface area contributed by atoms with Crippen LogP contribution in [-0.4, -0.2) is 37.9 Å². The van der Waals surface area contributed by atoms with E-state index in [1.54, 1.807) is 0 Å². The molecule has 0 aromatic heterocycles. The molecule has 0 fully saturated rings. The maximum atomic E-state index is 12.7. The van der Waals surface area contributed by atoms with Crippen LogP contribution in [0.25, 0.3) is 0 Å². The fourth-order valence-corrected chi connectivity index (χ4v) is 7.24. The van der Waals surface area contributed by atoms with Gasteiger partial charge in [0.25, 0.3) is 0 Å². The summed E-state index contributed by atoms with van der Waals surface area (Å²) in [5.74, 6) is -0.405. The van der Waals surface area contributed by atoms with E-state index in [9.17, 15) is 9.59 Å². The van der Waals surface area contributed by atoms with E-state index in [2.05, 4.69) is 81.5 Å². The van der Waals surface area contributed by atoms with Crippen LogP contribution in [0.15, 0.2) is 60.8 Å². The Labute approximate surface area is 373 Å². The molecular weight excluding hydrogens is 741 g/mol. The number of hydrogen-bond donors (Lipinski definition) is 0. The van der Waals surface area contributed by atoms with Crippen molar-refractivity contribution in [2.45, 2.75) is 258 Å². The van der Waals surface area contributed by atoms with E-state index in [0.29, 0.717) is 19.4 Å². The number of hydrogen-bond acceptors (Lipinski definition) is 5. The third-order valence-electron chi connectivity index (χ3n) is 11.1. The summed E-state index contributed by atoms with van der Waals surface area (Å²) >= 11 is 0. The smallest absolute Gasteiger partial charge is 0.306 e. The Morgan fingerprint density at radius 2 is 0.750 bits per heavy atom. The highest BCUT2D eigenvalue weighted by Crippen LogP contribution is 2.15. The molecule has 1 atom stereocenters. The Hall–Kier alpha value is -2.40. The number of carbonyl (C=O) groups excluding carboxylic acids is 2. The summed E-state index contributed by atoms with van der Waals surface area (Å²) < 4.78 is 17.4. The Balaban J connectivity index is 4.22. The molecule has 0 aromatic rings. The lowest BCUT2D eigenvalue weighted by Crippen LogP contribution is -2.30. The second kappa shape index (κ2) is 51.0. The second-order valence-electron chi connectivity index (χ2n) is 17.1. The van der Waals surface area contributed by atoms with Crippen molar-refractivity contribution < 1.29 is 23.8 Å². The predicted octanol–water partition coefficient (Wildman–Crippen LogP) is 17.3. The zero-order chi connectivity index (χ0) is 43.5. The first kappa shape index (κ1) is 57.6. The highest BCUT2D eigenvalue weighted by atomic mass is 16.6. The maximum absolute atomic E-state index is 12.7. The van der Waals surface area contributed by atoms with Gasteiger partial charge in [-0.2, -0.15) is 0 Å². The minimum atomic E-state index is -0.545. The summed E-state index contributed by atoms with van der Waals surface area (Å²) in [6.45, 7) is 7.67. The first-order valence-corrected chi connectivity index (χ1v) is 25.8. The molecule has 0 saturated heterocycles. The van der Waals surface area contributed by atoms with Crippen LogP contribution in [0.1, 0.15) is 252 Å². The monoisotopic (exact) mass is 839 g/mol. The first-order valence-electron chi connectivity index (χ1n) is 25.8. The molecule has 0 rings (SSSR count). The molecule has 0 bridgehead atoms. The standard InChI is InChI=1S/C55H98O5/c1-4-7-10-13-16-19-21-23-25-26-27-28-29-31-33-35-38-41-44-47-50-58-51-53(60-55(57)49-46-43-40-36-18-15-12-9-6-3)52-59-54(56)48-45-42-39-37-34-32-30-24-22-20-17-14-11-8-5-2/h7,10,16,19,23,25,27-28,31,33,53H,4-6,8-9,11-15,17-18,20-22,24,26,29-30,32,34-52H2,1-3H3/b10-7-,19-16-,25-23-,28-27-,33-31-. The van der Waals surface area contributed by atoms with Gasteiger partial charge in [0.15, 0.2) is 6.10 Å². The van der Waals surface area contributed by atoms with Gasteiger partial charge >= 0.3 is 11.9 Å². The van der Waals surface area contributed by atoms with E-state index in [1.165, 1.54) is 141 Å². The van der Waals surface area contributed by atoms with Crippen molar-refractivity contribution in [3.05, 3.63) is 60.8 Å². The van der Waals surface area contributed by atoms with E-state index >= 15 is 0 Å². The average molecular weight is 839 g/mol. The second-order valence-corrected chi connectivity index (χ2v) is 17.1. The summed E-state index contributed by atoms with van der Waals surface area (Å²) in [4.78, 5) is 25.3. The van der Waals surface area contributed by atoms with E-state index in [4.69, 9.17) is 14.2 Å². The van der Waals surface area contributed by atoms with Crippen molar-refractivity contribution in [1.82, 2.24) is 0 Å². The first-order chi connectivity index (χ1) is 29.6. The topological polar surface area (TPSA) is 61.8 Å². The van der Waals surface area contributed by atoms with Gasteiger partial charge in [0.1, 0.15) is 6.61 Å². The molecule has 0 N–H and O–H groups in total. The molecule has 348 valence electrons. The van der Waals surface area contributed by atoms with E-state index < -0.39 is 6.10 Å². The van der Waals surface area contributed by atoms with Crippen LogP contribution in [0.2, 0.25) is 0 Å². The molecule has 0 aromatic carbocycles. The lowest BCUT2D eigenvalue weighted by molar-refractivity contribution is -0.163. The summed E-state index contributed by atoms with van der Waals surface area (Å²) in [6, 6.07) is 0. The Bertz CT molecular complexity index is 1040. The molecule has 5 heteroatoms.